The molecule has 1 heterocycles. The maximum Gasteiger partial charge on any atom is 0.227 e. The summed E-state index contributed by atoms with van der Waals surface area (Å²) in [5.41, 5.74) is 3.02. The van der Waals surface area contributed by atoms with Crippen LogP contribution in [-0.2, 0) is 14.3 Å². The molecule has 2 atom stereocenters. The average molecular weight is 352 g/mol. The zero-order valence-electron chi connectivity index (χ0n) is 15.1. The minimum atomic E-state index is -0.336. The number of hydrogen-bond acceptors (Lipinski definition) is 3. The fraction of sp³-hybridized carbons (Fsp3) is 0.333. The number of hydrogen-bond donors (Lipinski definition) is 1. The summed E-state index contributed by atoms with van der Waals surface area (Å²) in [7, 11) is 1.64. The fourth-order valence-electron chi connectivity index (χ4n) is 3.35. The van der Waals surface area contributed by atoms with Crippen molar-refractivity contribution in [1.82, 2.24) is 5.32 Å². The minimum Gasteiger partial charge on any atom is -0.375 e. The van der Waals surface area contributed by atoms with E-state index in [1.807, 2.05) is 61.5 Å². The molecule has 0 unspecified atom stereocenters. The first kappa shape index (κ1) is 18.1. The number of rotatable bonds is 6. The van der Waals surface area contributed by atoms with E-state index in [1.165, 1.54) is 0 Å². The molecular weight excluding hydrogens is 328 g/mol. The predicted octanol–water partition coefficient (Wildman–Crippen LogP) is 2.85. The molecule has 1 N–H and O–H groups in total. The Morgan fingerprint density at radius 2 is 1.88 bits per heavy atom. The summed E-state index contributed by atoms with van der Waals surface area (Å²) in [5.74, 6) is -0.456. The van der Waals surface area contributed by atoms with Gasteiger partial charge in [-0.2, -0.15) is 0 Å². The quantitative estimate of drug-likeness (QED) is 0.870. The second-order valence-corrected chi connectivity index (χ2v) is 6.57. The van der Waals surface area contributed by atoms with Crippen LogP contribution in [0.5, 0.6) is 0 Å². The number of nitrogens with one attached hydrogen (secondary N) is 1. The number of benzene rings is 2. The van der Waals surface area contributed by atoms with Crippen molar-refractivity contribution in [2.75, 3.05) is 25.1 Å². The molecule has 3 rings (SSSR count). The Labute approximate surface area is 154 Å². The molecule has 1 fully saturated rings. The highest BCUT2D eigenvalue weighted by molar-refractivity contribution is 6.00. The average Bonchev–Trinajstić information content (AvgIpc) is 3.06. The van der Waals surface area contributed by atoms with Crippen LogP contribution in [0.2, 0.25) is 0 Å². The molecular formula is C21H24N2O3. The van der Waals surface area contributed by atoms with Gasteiger partial charge in [0, 0.05) is 32.3 Å². The van der Waals surface area contributed by atoms with E-state index in [9.17, 15) is 9.59 Å². The lowest BCUT2D eigenvalue weighted by Crippen LogP contribution is -2.35. The van der Waals surface area contributed by atoms with Crippen LogP contribution in [0.15, 0.2) is 54.6 Å². The number of nitrogens with zero attached hydrogens (tertiary/aromatic N) is 1. The number of carbonyl (C=O) groups excluding carboxylic acids is 2. The second kappa shape index (κ2) is 8.15. The van der Waals surface area contributed by atoms with E-state index >= 15 is 0 Å². The molecule has 1 saturated heterocycles. The highest BCUT2D eigenvalue weighted by atomic mass is 16.5. The van der Waals surface area contributed by atoms with Gasteiger partial charge in [-0.25, -0.2) is 0 Å². The van der Waals surface area contributed by atoms with Crippen LogP contribution in [0.1, 0.15) is 23.7 Å². The molecule has 26 heavy (non-hydrogen) atoms. The molecule has 0 aromatic heterocycles. The number of ether oxygens (including phenoxy) is 1. The van der Waals surface area contributed by atoms with Gasteiger partial charge in [-0.05, 0) is 30.2 Å². The molecule has 2 aromatic carbocycles. The number of methoxy groups -OCH3 is 1. The summed E-state index contributed by atoms with van der Waals surface area (Å²) < 4.78 is 5.55. The highest BCUT2D eigenvalue weighted by Crippen LogP contribution is 2.25. The Morgan fingerprint density at radius 1 is 1.19 bits per heavy atom. The van der Waals surface area contributed by atoms with Gasteiger partial charge in [0.15, 0.2) is 0 Å². The number of para-hydroxylation sites is 1. The monoisotopic (exact) mass is 352 g/mol. The van der Waals surface area contributed by atoms with Gasteiger partial charge in [0.25, 0.3) is 0 Å². The minimum absolute atomic E-state index is 0.0152. The van der Waals surface area contributed by atoms with Crippen molar-refractivity contribution < 1.29 is 14.3 Å². The van der Waals surface area contributed by atoms with Crippen LogP contribution in [0.25, 0.3) is 0 Å². The van der Waals surface area contributed by atoms with Crippen LogP contribution < -0.4 is 10.2 Å². The van der Waals surface area contributed by atoms with E-state index in [-0.39, 0.29) is 30.3 Å². The predicted molar refractivity (Wildman–Crippen MR) is 101 cm³/mol. The number of carbonyl (C=O) groups is 2. The first-order chi connectivity index (χ1) is 12.6. The summed E-state index contributed by atoms with van der Waals surface area (Å²) >= 11 is 0. The van der Waals surface area contributed by atoms with Crippen molar-refractivity contribution in [2.24, 2.45) is 5.92 Å². The van der Waals surface area contributed by atoms with Crippen molar-refractivity contribution in [3.05, 3.63) is 65.7 Å². The van der Waals surface area contributed by atoms with Gasteiger partial charge in [-0.3, -0.25) is 9.59 Å². The van der Waals surface area contributed by atoms with Gasteiger partial charge in [0.05, 0.1) is 12.0 Å². The van der Waals surface area contributed by atoms with Crippen LogP contribution in [0.3, 0.4) is 0 Å². The van der Waals surface area contributed by atoms with Crippen molar-refractivity contribution in [1.29, 1.82) is 0 Å². The van der Waals surface area contributed by atoms with Crippen molar-refractivity contribution in [2.45, 2.75) is 19.4 Å². The largest absolute Gasteiger partial charge is 0.375 e. The van der Waals surface area contributed by atoms with E-state index in [4.69, 9.17) is 4.74 Å². The molecule has 0 saturated carbocycles. The molecule has 5 heteroatoms. The van der Waals surface area contributed by atoms with Gasteiger partial charge in [-0.15, -0.1) is 0 Å². The summed E-state index contributed by atoms with van der Waals surface area (Å²) in [5, 5.41) is 2.95. The smallest absolute Gasteiger partial charge is 0.227 e. The maximum atomic E-state index is 12.6. The standard InChI is InChI=1S/C21H24N2O3/c1-15-8-6-7-11-18(15)19(26-2)13-22-21(25)16-12-20(24)23(14-16)17-9-4-3-5-10-17/h3-11,16,19H,12-14H2,1-2H3,(H,22,25)/t16-,19-/m1/s1. The topological polar surface area (TPSA) is 58.6 Å². The van der Waals surface area contributed by atoms with Crippen LogP contribution >= 0.6 is 0 Å². The first-order valence-electron chi connectivity index (χ1n) is 8.81. The van der Waals surface area contributed by atoms with Crippen LogP contribution in [0.4, 0.5) is 5.69 Å². The molecule has 0 bridgehead atoms. The van der Waals surface area contributed by atoms with Gasteiger partial charge in [0.1, 0.15) is 0 Å². The van der Waals surface area contributed by atoms with E-state index in [0.717, 1.165) is 16.8 Å². The molecule has 1 aliphatic heterocycles. The molecule has 0 radical (unpaired) electrons. The second-order valence-electron chi connectivity index (χ2n) is 6.57. The van der Waals surface area contributed by atoms with Gasteiger partial charge in [-0.1, -0.05) is 42.5 Å². The zero-order chi connectivity index (χ0) is 18.5. The molecule has 0 spiro atoms. The SMILES string of the molecule is CO[C@H](CNC(=O)[C@@H]1CC(=O)N(c2ccccc2)C1)c1ccccc1C. The van der Waals surface area contributed by atoms with E-state index in [2.05, 4.69) is 5.32 Å². The molecule has 0 aliphatic carbocycles. The van der Waals surface area contributed by atoms with Crippen LogP contribution in [-0.4, -0.2) is 32.0 Å². The Balaban J connectivity index is 1.60. The third-order valence-corrected chi connectivity index (χ3v) is 4.85. The van der Waals surface area contributed by atoms with Crippen molar-refractivity contribution >= 4 is 17.5 Å². The summed E-state index contributed by atoms with van der Waals surface area (Å²) in [6, 6.07) is 17.4. The van der Waals surface area contributed by atoms with Gasteiger partial charge >= 0.3 is 0 Å². The number of amides is 2. The molecule has 2 aromatic rings. The number of aryl methyl sites for hydroxylation is 1. The number of anilines is 1. The van der Waals surface area contributed by atoms with Crippen molar-refractivity contribution in [3.63, 3.8) is 0 Å². The molecule has 1 aliphatic rings. The summed E-state index contributed by atoms with van der Waals surface area (Å²) in [6.45, 7) is 2.82. The lowest BCUT2D eigenvalue weighted by atomic mass is 10.0. The third kappa shape index (κ3) is 3.94. The third-order valence-electron chi connectivity index (χ3n) is 4.85. The fourth-order valence-corrected chi connectivity index (χ4v) is 3.35. The maximum absolute atomic E-state index is 12.6. The highest BCUT2D eigenvalue weighted by Gasteiger charge is 2.35. The molecule has 136 valence electrons. The molecule has 5 nitrogen and oxygen atoms in total. The summed E-state index contributed by atoms with van der Waals surface area (Å²) in [4.78, 5) is 26.5. The molecule has 2 amide bonds. The summed E-state index contributed by atoms with van der Waals surface area (Å²) in [6.07, 6.45) is 0.0328. The van der Waals surface area contributed by atoms with E-state index < -0.39 is 0 Å². The zero-order valence-corrected chi connectivity index (χ0v) is 15.1. The van der Waals surface area contributed by atoms with Gasteiger partial charge in [0.2, 0.25) is 11.8 Å². The normalized spacial score (nSPS) is 18.0. The van der Waals surface area contributed by atoms with E-state index in [0.29, 0.717) is 13.1 Å². The van der Waals surface area contributed by atoms with Gasteiger partial charge < -0.3 is 15.0 Å². The Bertz CT molecular complexity index is 776. The van der Waals surface area contributed by atoms with Crippen molar-refractivity contribution in [3.8, 4) is 0 Å². The lowest BCUT2D eigenvalue weighted by Gasteiger charge is -2.20. The Hall–Kier alpha value is -2.66. The Kier molecular flexibility index (Phi) is 5.68. The first-order valence-corrected chi connectivity index (χ1v) is 8.81. The Morgan fingerprint density at radius 3 is 2.58 bits per heavy atom. The van der Waals surface area contributed by atoms with Crippen LogP contribution in [0, 0.1) is 12.8 Å². The lowest BCUT2D eigenvalue weighted by molar-refractivity contribution is -0.126. The van der Waals surface area contributed by atoms with E-state index in [1.54, 1.807) is 12.0 Å².